The molecule has 0 amide bonds. The van der Waals surface area contributed by atoms with Crippen molar-refractivity contribution in [1.82, 2.24) is 15.1 Å². The minimum Gasteiger partial charge on any atom is -0.315 e. The highest BCUT2D eigenvalue weighted by atomic mass is 15.2. The van der Waals surface area contributed by atoms with E-state index in [0.717, 1.165) is 6.54 Å². The molecule has 3 nitrogen and oxygen atoms in total. The van der Waals surface area contributed by atoms with Gasteiger partial charge in [0, 0.05) is 26.2 Å². The highest BCUT2D eigenvalue weighted by molar-refractivity contribution is 4.65. The van der Waals surface area contributed by atoms with Crippen molar-refractivity contribution in [2.24, 2.45) is 0 Å². The van der Waals surface area contributed by atoms with Crippen molar-refractivity contribution >= 4 is 0 Å². The molecular formula is C10H23N3. The predicted molar refractivity (Wildman–Crippen MR) is 57.1 cm³/mol. The summed E-state index contributed by atoms with van der Waals surface area (Å²) >= 11 is 0. The van der Waals surface area contributed by atoms with Gasteiger partial charge in [0.05, 0.1) is 0 Å². The molecule has 1 aliphatic rings. The Morgan fingerprint density at radius 2 is 2.00 bits per heavy atom. The second-order valence-electron chi connectivity index (χ2n) is 4.10. The average molecular weight is 185 g/mol. The van der Waals surface area contributed by atoms with Crippen LogP contribution in [-0.2, 0) is 0 Å². The van der Waals surface area contributed by atoms with Gasteiger partial charge in [-0.2, -0.15) is 0 Å². The maximum Gasteiger partial charge on any atom is 0.0110 e. The van der Waals surface area contributed by atoms with Crippen molar-refractivity contribution in [3.63, 3.8) is 0 Å². The van der Waals surface area contributed by atoms with Crippen LogP contribution < -0.4 is 5.32 Å². The summed E-state index contributed by atoms with van der Waals surface area (Å²) < 4.78 is 0. The maximum atomic E-state index is 3.45. The summed E-state index contributed by atoms with van der Waals surface area (Å²) in [6.07, 6.45) is 2.68. The average Bonchev–Trinajstić information content (AvgIpc) is 2.01. The molecule has 3 heteroatoms. The van der Waals surface area contributed by atoms with Crippen LogP contribution in [-0.4, -0.2) is 63.2 Å². The monoisotopic (exact) mass is 185 g/mol. The van der Waals surface area contributed by atoms with E-state index in [1.165, 1.54) is 45.6 Å². The SMILES string of the molecule is CN(C)CCN1CCCCNCC1. The standard InChI is InChI=1S/C10H23N3/c1-12(2)9-10-13-7-4-3-5-11-6-8-13/h11H,3-10H2,1-2H3. The van der Waals surface area contributed by atoms with E-state index < -0.39 is 0 Å². The van der Waals surface area contributed by atoms with Crippen LogP contribution in [0.5, 0.6) is 0 Å². The summed E-state index contributed by atoms with van der Waals surface area (Å²) in [5, 5.41) is 3.45. The topological polar surface area (TPSA) is 18.5 Å². The molecular weight excluding hydrogens is 162 g/mol. The molecule has 1 N–H and O–H groups in total. The Labute approximate surface area is 82.1 Å². The second-order valence-corrected chi connectivity index (χ2v) is 4.10. The van der Waals surface area contributed by atoms with Gasteiger partial charge in [0.25, 0.3) is 0 Å². The summed E-state index contributed by atoms with van der Waals surface area (Å²) in [7, 11) is 4.28. The number of nitrogens with zero attached hydrogens (tertiary/aromatic N) is 2. The van der Waals surface area contributed by atoms with Gasteiger partial charge in [0.1, 0.15) is 0 Å². The molecule has 0 unspecified atom stereocenters. The summed E-state index contributed by atoms with van der Waals surface area (Å²) in [6, 6.07) is 0. The van der Waals surface area contributed by atoms with Crippen molar-refractivity contribution in [2.75, 3.05) is 53.4 Å². The summed E-state index contributed by atoms with van der Waals surface area (Å²) in [5.74, 6) is 0. The van der Waals surface area contributed by atoms with E-state index in [1.54, 1.807) is 0 Å². The first-order valence-electron chi connectivity index (χ1n) is 5.37. The summed E-state index contributed by atoms with van der Waals surface area (Å²) in [4.78, 5) is 4.82. The minimum atomic E-state index is 1.16. The van der Waals surface area contributed by atoms with Gasteiger partial charge >= 0.3 is 0 Å². The zero-order chi connectivity index (χ0) is 9.52. The Morgan fingerprint density at radius 3 is 2.77 bits per heavy atom. The molecule has 0 spiro atoms. The smallest absolute Gasteiger partial charge is 0.0110 e. The van der Waals surface area contributed by atoms with Crippen molar-refractivity contribution < 1.29 is 0 Å². The Morgan fingerprint density at radius 1 is 1.15 bits per heavy atom. The highest BCUT2D eigenvalue weighted by Gasteiger charge is 2.06. The lowest BCUT2D eigenvalue weighted by molar-refractivity contribution is 0.228. The van der Waals surface area contributed by atoms with Gasteiger partial charge in [-0.15, -0.1) is 0 Å². The van der Waals surface area contributed by atoms with E-state index in [2.05, 4.69) is 29.2 Å². The molecule has 0 aromatic carbocycles. The Balaban J connectivity index is 2.14. The summed E-state index contributed by atoms with van der Waals surface area (Å²) in [5.41, 5.74) is 0. The molecule has 13 heavy (non-hydrogen) atoms. The zero-order valence-electron chi connectivity index (χ0n) is 9.05. The normalized spacial score (nSPS) is 21.5. The van der Waals surface area contributed by atoms with Crippen LogP contribution in [0.4, 0.5) is 0 Å². The quantitative estimate of drug-likeness (QED) is 0.679. The van der Waals surface area contributed by atoms with E-state index >= 15 is 0 Å². The van der Waals surface area contributed by atoms with Crippen molar-refractivity contribution in [3.05, 3.63) is 0 Å². The van der Waals surface area contributed by atoms with Crippen molar-refractivity contribution in [1.29, 1.82) is 0 Å². The number of hydrogen-bond donors (Lipinski definition) is 1. The first-order chi connectivity index (χ1) is 6.29. The molecule has 78 valence electrons. The predicted octanol–water partition coefficient (Wildman–Crippen LogP) is 0.233. The molecule has 1 heterocycles. The third-order valence-corrected chi connectivity index (χ3v) is 2.55. The van der Waals surface area contributed by atoms with Gasteiger partial charge in [-0.3, -0.25) is 0 Å². The molecule has 1 fully saturated rings. The number of hydrogen-bond acceptors (Lipinski definition) is 3. The van der Waals surface area contributed by atoms with Crippen molar-refractivity contribution in [2.45, 2.75) is 12.8 Å². The molecule has 0 bridgehead atoms. The minimum absolute atomic E-state index is 1.16. The lowest BCUT2D eigenvalue weighted by Crippen LogP contribution is -2.39. The Kier molecular flexibility index (Phi) is 5.35. The molecule has 1 rings (SSSR count). The lowest BCUT2D eigenvalue weighted by Gasteiger charge is -2.26. The van der Waals surface area contributed by atoms with Crippen LogP contribution in [0.25, 0.3) is 0 Å². The van der Waals surface area contributed by atoms with Crippen LogP contribution in [0.15, 0.2) is 0 Å². The zero-order valence-corrected chi connectivity index (χ0v) is 9.05. The molecule has 0 atom stereocenters. The molecule has 0 aliphatic carbocycles. The van der Waals surface area contributed by atoms with E-state index in [-0.39, 0.29) is 0 Å². The molecule has 1 saturated heterocycles. The van der Waals surface area contributed by atoms with Gasteiger partial charge in [0.15, 0.2) is 0 Å². The Bertz CT molecular complexity index is 117. The van der Waals surface area contributed by atoms with Gasteiger partial charge in [0.2, 0.25) is 0 Å². The first kappa shape index (κ1) is 11.0. The molecule has 0 radical (unpaired) electrons. The first-order valence-corrected chi connectivity index (χ1v) is 5.37. The third-order valence-electron chi connectivity index (χ3n) is 2.55. The van der Waals surface area contributed by atoms with Crippen LogP contribution in [0, 0.1) is 0 Å². The van der Waals surface area contributed by atoms with E-state index in [9.17, 15) is 0 Å². The van der Waals surface area contributed by atoms with Gasteiger partial charge in [-0.25, -0.2) is 0 Å². The van der Waals surface area contributed by atoms with E-state index in [1.807, 2.05) is 0 Å². The molecule has 0 aromatic rings. The number of nitrogens with one attached hydrogen (secondary N) is 1. The summed E-state index contributed by atoms with van der Waals surface area (Å²) in [6.45, 7) is 7.27. The van der Waals surface area contributed by atoms with E-state index in [0.29, 0.717) is 0 Å². The fourth-order valence-electron chi connectivity index (χ4n) is 1.62. The fourth-order valence-corrected chi connectivity index (χ4v) is 1.62. The molecule has 0 aromatic heterocycles. The van der Waals surface area contributed by atoms with Crippen LogP contribution >= 0.6 is 0 Å². The number of likely N-dealkylation sites (N-methyl/N-ethyl adjacent to an activating group) is 1. The number of rotatable bonds is 3. The van der Waals surface area contributed by atoms with Crippen LogP contribution in [0.3, 0.4) is 0 Å². The maximum absolute atomic E-state index is 3.45. The Hall–Kier alpha value is -0.120. The highest BCUT2D eigenvalue weighted by Crippen LogP contribution is 1.97. The second kappa shape index (κ2) is 6.35. The van der Waals surface area contributed by atoms with Crippen LogP contribution in [0.2, 0.25) is 0 Å². The van der Waals surface area contributed by atoms with Gasteiger partial charge < -0.3 is 15.1 Å². The van der Waals surface area contributed by atoms with Gasteiger partial charge in [-0.1, -0.05) is 0 Å². The largest absolute Gasteiger partial charge is 0.315 e. The van der Waals surface area contributed by atoms with Crippen molar-refractivity contribution in [3.8, 4) is 0 Å². The fraction of sp³-hybridized carbons (Fsp3) is 1.00. The molecule has 0 saturated carbocycles. The third kappa shape index (κ3) is 5.24. The van der Waals surface area contributed by atoms with E-state index in [4.69, 9.17) is 0 Å². The molecule has 1 aliphatic heterocycles. The lowest BCUT2D eigenvalue weighted by atomic mass is 10.2. The van der Waals surface area contributed by atoms with Gasteiger partial charge in [-0.05, 0) is 40.0 Å². The van der Waals surface area contributed by atoms with Crippen LogP contribution in [0.1, 0.15) is 12.8 Å².